The molecule has 3 aromatic carbocycles. The number of hydrogen-bond acceptors (Lipinski definition) is 4. The second-order valence-electron chi connectivity index (χ2n) is 7.31. The van der Waals surface area contributed by atoms with Crippen LogP contribution in [0.15, 0.2) is 107 Å². The first kappa shape index (κ1) is 20.7. The molecule has 0 saturated carbocycles. The number of aliphatic imine (C=N–C) groups is 1. The van der Waals surface area contributed by atoms with Crippen molar-refractivity contribution in [3.63, 3.8) is 0 Å². The molecule has 3 rings (SSSR count). The fraction of sp³-hybridized carbons (Fsp3) is 0.160. The highest BCUT2D eigenvalue weighted by Crippen LogP contribution is 2.32. The Morgan fingerprint density at radius 3 is 1.97 bits per heavy atom. The Kier molecular flexibility index (Phi) is 7.14. The monoisotopic (exact) mass is 403 g/mol. The maximum Gasteiger partial charge on any atom is 0.222 e. The van der Waals surface area contributed by atoms with E-state index < -0.39 is 0 Å². The van der Waals surface area contributed by atoms with Crippen LogP contribution in [0.1, 0.15) is 20.8 Å². The standard InChI is InChI=1S/C25H25NO2S/c1-25(2,3)29-23-16-14-20(15-17-23)26-24(28-22-12-8-5-9-13-22)18-19-27-21-10-6-4-7-11-21/h4-19H,1-3H3. The maximum atomic E-state index is 5.95. The highest BCUT2D eigenvalue weighted by atomic mass is 32.2. The number of ether oxygens (including phenoxy) is 2. The summed E-state index contributed by atoms with van der Waals surface area (Å²) in [6, 6.07) is 27.3. The average Bonchev–Trinajstić information content (AvgIpc) is 2.70. The van der Waals surface area contributed by atoms with E-state index >= 15 is 0 Å². The van der Waals surface area contributed by atoms with Crippen LogP contribution in [0, 0.1) is 0 Å². The summed E-state index contributed by atoms with van der Waals surface area (Å²) < 4.78 is 11.8. The Bertz CT molecular complexity index is 944. The van der Waals surface area contributed by atoms with Crippen LogP contribution in [0.25, 0.3) is 0 Å². The summed E-state index contributed by atoms with van der Waals surface area (Å²) in [4.78, 5) is 5.85. The van der Waals surface area contributed by atoms with Crippen LogP contribution in [0.4, 0.5) is 5.69 Å². The molecule has 3 nitrogen and oxygen atoms in total. The van der Waals surface area contributed by atoms with E-state index in [0.29, 0.717) is 5.90 Å². The largest absolute Gasteiger partial charge is 0.465 e. The minimum Gasteiger partial charge on any atom is -0.465 e. The summed E-state index contributed by atoms with van der Waals surface area (Å²) in [5.41, 5.74) is 0.818. The molecule has 0 spiro atoms. The third kappa shape index (κ3) is 7.51. The first-order valence-electron chi connectivity index (χ1n) is 9.47. The van der Waals surface area contributed by atoms with Gasteiger partial charge in [-0.1, -0.05) is 57.2 Å². The zero-order chi connectivity index (χ0) is 20.5. The molecule has 0 aliphatic rings. The second kappa shape index (κ2) is 9.99. The van der Waals surface area contributed by atoms with Crippen LogP contribution < -0.4 is 9.47 Å². The molecule has 4 heteroatoms. The summed E-state index contributed by atoms with van der Waals surface area (Å²) in [5, 5.41) is 0. The van der Waals surface area contributed by atoms with E-state index in [-0.39, 0.29) is 4.75 Å². The van der Waals surface area contributed by atoms with Crippen molar-refractivity contribution in [2.75, 3.05) is 0 Å². The van der Waals surface area contributed by atoms with Gasteiger partial charge < -0.3 is 9.47 Å². The van der Waals surface area contributed by atoms with Gasteiger partial charge in [0.05, 0.1) is 11.9 Å². The quantitative estimate of drug-likeness (QED) is 0.187. The minimum absolute atomic E-state index is 0.171. The van der Waals surface area contributed by atoms with Gasteiger partial charge in [0, 0.05) is 15.7 Å². The van der Waals surface area contributed by atoms with E-state index in [0.717, 1.165) is 17.2 Å². The molecule has 0 aliphatic heterocycles. The van der Waals surface area contributed by atoms with Gasteiger partial charge in [-0.05, 0) is 48.5 Å². The molecule has 0 heterocycles. The van der Waals surface area contributed by atoms with Crippen LogP contribution in [0.5, 0.6) is 11.5 Å². The Labute approximate surface area is 177 Å². The normalized spacial score (nSPS) is 12.2. The van der Waals surface area contributed by atoms with Gasteiger partial charge in [-0.25, -0.2) is 4.99 Å². The fourth-order valence-corrected chi connectivity index (χ4v) is 3.42. The zero-order valence-corrected chi connectivity index (χ0v) is 17.7. The lowest BCUT2D eigenvalue weighted by atomic mass is 10.3. The van der Waals surface area contributed by atoms with Gasteiger partial charge >= 0.3 is 0 Å². The molecule has 0 N–H and O–H groups in total. The van der Waals surface area contributed by atoms with E-state index in [1.807, 2.05) is 84.6 Å². The number of para-hydroxylation sites is 2. The van der Waals surface area contributed by atoms with Gasteiger partial charge in [0.1, 0.15) is 11.5 Å². The molecule has 0 radical (unpaired) electrons. The predicted molar refractivity (Wildman–Crippen MR) is 122 cm³/mol. The fourth-order valence-electron chi connectivity index (χ4n) is 2.44. The van der Waals surface area contributed by atoms with Crippen molar-refractivity contribution in [1.29, 1.82) is 0 Å². The van der Waals surface area contributed by atoms with Crippen molar-refractivity contribution in [3.05, 3.63) is 97.3 Å². The average molecular weight is 404 g/mol. The maximum absolute atomic E-state index is 5.95. The topological polar surface area (TPSA) is 30.8 Å². The Morgan fingerprint density at radius 1 is 0.793 bits per heavy atom. The molecular formula is C25H25NO2S. The van der Waals surface area contributed by atoms with Crippen LogP contribution in [0.2, 0.25) is 0 Å². The van der Waals surface area contributed by atoms with Crippen LogP contribution in [-0.4, -0.2) is 10.6 Å². The molecule has 0 atom stereocenters. The van der Waals surface area contributed by atoms with E-state index in [9.17, 15) is 0 Å². The van der Waals surface area contributed by atoms with E-state index in [1.165, 1.54) is 4.90 Å². The molecule has 0 aromatic heterocycles. The van der Waals surface area contributed by atoms with Gasteiger partial charge in [0.2, 0.25) is 5.90 Å². The van der Waals surface area contributed by atoms with Gasteiger partial charge in [-0.15, -0.1) is 11.8 Å². The lowest BCUT2D eigenvalue weighted by molar-refractivity contribution is 0.479. The number of nitrogens with zero attached hydrogens (tertiary/aromatic N) is 1. The molecule has 0 aliphatic carbocycles. The molecular weight excluding hydrogens is 378 g/mol. The zero-order valence-electron chi connectivity index (χ0n) is 16.9. The van der Waals surface area contributed by atoms with Gasteiger partial charge in [0.15, 0.2) is 0 Å². The third-order valence-electron chi connectivity index (χ3n) is 3.62. The van der Waals surface area contributed by atoms with E-state index in [4.69, 9.17) is 9.47 Å². The van der Waals surface area contributed by atoms with Gasteiger partial charge in [-0.3, -0.25) is 0 Å². The minimum atomic E-state index is 0.171. The highest BCUT2D eigenvalue weighted by molar-refractivity contribution is 8.00. The van der Waals surface area contributed by atoms with Crippen molar-refractivity contribution < 1.29 is 9.47 Å². The first-order chi connectivity index (χ1) is 14.0. The molecule has 0 amide bonds. The highest BCUT2D eigenvalue weighted by Gasteiger charge is 2.11. The van der Waals surface area contributed by atoms with Crippen LogP contribution in [0.3, 0.4) is 0 Å². The molecule has 29 heavy (non-hydrogen) atoms. The number of benzene rings is 3. The summed E-state index contributed by atoms with van der Waals surface area (Å²) in [5.74, 6) is 1.92. The van der Waals surface area contributed by atoms with Crippen molar-refractivity contribution >= 4 is 23.3 Å². The Balaban J connectivity index is 1.78. The Hall–Kier alpha value is -2.98. The first-order valence-corrected chi connectivity index (χ1v) is 10.3. The Morgan fingerprint density at radius 2 is 1.38 bits per heavy atom. The number of hydrogen-bond donors (Lipinski definition) is 0. The lowest BCUT2D eigenvalue weighted by Gasteiger charge is -2.17. The molecule has 148 valence electrons. The summed E-state index contributed by atoms with van der Waals surface area (Å²) in [7, 11) is 0. The van der Waals surface area contributed by atoms with Crippen LogP contribution in [-0.2, 0) is 0 Å². The van der Waals surface area contributed by atoms with E-state index in [2.05, 4.69) is 37.9 Å². The second-order valence-corrected chi connectivity index (χ2v) is 9.21. The van der Waals surface area contributed by atoms with Crippen molar-refractivity contribution in [3.8, 4) is 11.5 Å². The van der Waals surface area contributed by atoms with Crippen molar-refractivity contribution in [1.82, 2.24) is 0 Å². The molecule has 0 fully saturated rings. The predicted octanol–water partition coefficient (Wildman–Crippen LogP) is 7.28. The van der Waals surface area contributed by atoms with Crippen LogP contribution >= 0.6 is 11.8 Å². The van der Waals surface area contributed by atoms with Crippen molar-refractivity contribution in [2.24, 2.45) is 4.99 Å². The molecule has 0 unspecified atom stereocenters. The third-order valence-corrected chi connectivity index (χ3v) is 4.74. The van der Waals surface area contributed by atoms with Crippen molar-refractivity contribution in [2.45, 2.75) is 30.4 Å². The number of thioether (sulfide) groups is 1. The van der Waals surface area contributed by atoms with Gasteiger partial charge in [0.25, 0.3) is 0 Å². The molecule has 0 saturated heterocycles. The summed E-state index contributed by atoms with van der Waals surface area (Å²) in [6.45, 7) is 6.60. The molecule has 3 aromatic rings. The number of rotatable bonds is 6. The van der Waals surface area contributed by atoms with E-state index in [1.54, 1.807) is 12.3 Å². The smallest absolute Gasteiger partial charge is 0.222 e. The lowest BCUT2D eigenvalue weighted by Crippen LogP contribution is -2.06. The molecule has 0 bridgehead atoms. The summed E-state index contributed by atoms with van der Waals surface area (Å²) in [6.07, 6.45) is 3.30. The van der Waals surface area contributed by atoms with Gasteiger partial charge in [-0.2, -0.15) is 0 Å². The summed E-state index contributed by atoms with van der Waals surface area (Å²) >= 11 is 1.83. The SMILES string of the molecule is CC(C)(C)Sc1ccc(N=C(C=COc2ccccc2)Oc2ccccc2)cc1.